The minimum Gasteiger partial charge on any atom is -0.466 e. The van der Waals surface area contributed by atoms with Crippen LogP contribution in [0.1, 0.15) is 23.0 Å². The van der Waals surface area contributed by atoms with E-state index >= 15 is 0 Å². The van der Waals surface area contributed by atoms with Crippen molar-refractivity contribution in [3.8, 4) is 5.75 Å². The van der Waals surface area contributed by atoms with Crippen LogP contribution in [0.2, 0.25) is 0 Å². The van der Waals surface area contributed by atoms with Crippen LogP contribution in [0.5, 0.6) is 5.75 Å². The third-order valence-electron chi connectivity index (χ3n) is 3.14. The van der Waals surface area contributed by atoms with Gasteiger partial charge in [-0.25, -0.2) is 8.78 Å². The molecule has 1 amide bonds. The summed E-state index contributed by atoms with van der Waals surface area (Å²) in [6.07, 6.45) is 1.30. The Labute approximate surface area is 133 Å². The minimum atomic E-state index is -3.33. The number of hydrogen-bond acceptors (Lipinski definition) is 4. The summed E-state index contributed by atoms with van der Waals surface area (Å²) in [5, 5.41) is 12.3. The van der Waals surface area contributed by atoms with Crippen molar-refractivity contribution in [3.63, 3.8) is 0 Å². The number of halogens is 4. The van der Waals surface area contributed by atoms with E-state index in [9.17, 15) is 27.5 Å². The van der Waals surface area contributed by atoms with Crippen molar-refractivity contribution in [2.75, 3.05) is 6.54 Å². The summed E-state index contributed by atoms with van der Waals surface area (Å²) >= 11 is 0. The zero-order valence-corrected chi connectivity index (χ0v) is 12.4. The lowest BCUT2D eigenvalue weighted by molar-refractivity contribution is -0.0523. The summed E-state index contributed by atoms with van der Waals surface area (Å²) in [5.41, 5.74) is -2.73. The Morgan fingerprint density at radius 2 is 2.08 bits per heavy atom. The quantitative estimate of drug-likeness (QED) is 0.789. The average molecular weight is 347 g/mol. The first-order valence-corrected chi connectivity index (χ1v) is 6.69. The van der Waals surface area contributed by atoms with E-state index in [1.54, 1.807) is 0 Å². The van der Waals surface area contributed by atoms with Gasteiger partial charge in [0.15, 0.2) is 11.6 Å². The molecule has 1 atom stereocenters. The van der Waals surface area contributed by atoms with Gasteiger partial charge in [0.1, 0.15) is 22.7 Å². The number of hydrogen-bond donors (Lipinski definition) is 2. The number of rotatable bonds is 6. The molecule has 0 aliphatic heterocycles. The van der Waals surface area contributed by atoms with E-state index in [1.165, 1.54) is 25.3 Å². The molecular weight excluding hydrogens is 334 g/mol. The molecular formula is C15H13F4NO4. The van der Waals surface area contributed by atoms with Crippen molar-refractivity contribution in [1.29, 1.82) is 0 Å². The number of carbonyl (C=O) groups is 1. The van der Waals surface area contributed by atoms with Gasteiger partial charge in [-0.15, -0.1) is 0 Å². The molecule has 9 heteroatoms. The lowest BCUT2D eigenvalue weighted by Crippen LogP contribution is -2.39. The molecule has 1 aromatic carbocycles. The Kier molecular flexibility index (Phi) is 5.13. The molecule has 0 bridgehead atoms. The van der Waals surface area contributed by atoms with Gasteiger partial charge in [-0.05, 0) is 31.2 Å². The lowest BCUT2D eigenvalue weighted by Gasteiger charge is -2.21. The normalized spacial score (nSPS) is 13.6. The molecule has 130 valence electrons. The van der Waals surface area contributed by atoms with Gasteiger partial charge >= 0.3 is 6.61 Å². The molecule has 0 radical (unpaired) electrons. The third kappa shape index (κ3) is 3.85. The predicted molar refractivity (Wildman–Crippen MR) is 73.6 cm³/mol. The van der Waals surface area contributed by atoms with Crippen LogP contribution >= 0.6 is 0 Å². The van der Waals surface area contributed by atoms with Gasteiger partial charge in [-0.1, -0.05) is 0 Å². The second-order valence-corrected chi connectivity index (χ2v) is 5.05. The van der Waals surface area contributed by atoms with Gasteiger partial charge in [0.25, 0.3) is 5.91 Å². The van der Waals surface area contributed by atoms with Crippen LogP contribution in [0.3, 0.4) is 0 Å². The Balaban J connectivity index is 2.18. The Morgan fingerprint density at radius 1 is 1.38 bits per heavy atom. The standard InChI is InChI=1S/C15H13F4NO4/c1-15(22,10-3-2-6-23-10)7-20-13(21)11-8(16)4-5-9(12(11)17)24-14(18)19/h2-6,14,22H,7H2,1H3,(H,20,21). The van der Waals surface area contributed by atoms with Gasteiger partial charge < -0.3 is 19.6 Å². The van der Waals surface area contributed by atoms with E-state index in [-0.39, 0.29) is 5.76 Å². The van der Waals surface area contributed by atoms with Crippen molar-refractivity contribution < 1.29 is 36.6 Å². The first-order chi connectivity index (χ1) is 11.2. The molecule has 1 aromatic heterocycles. The first kappa shape index (κ1) is 17.8. The van der Waals surface area contributed by atoms with Crippen LogP contribution in [0.15, 0.2) is 34.9 Å². The molecule has 0 spiro atoms. The summed E-state index contributed by atoms with van der Waals surface area (Å²) in [5.74, 6) is -4.90. The molecule has 0 aliphatic carbocycles. The zero-order chi connectivity index (χ0) is 17.9. The van der Waals surface area contributed by atoms with E-state index in [1.807, 2.05) is 0 Å². The second kappa shape index (κ2) is 6.91. The molecule has 0 fully saturated rings. The van der Waals surface area contributed by atoms with Crippen molar-refractivity contribution in [2.24, 2.45) is 0 Å². The molecule has 2 aromatic rings. The Bertz CT molecular complexity index is 717. The van der Waals surface area contributed by atoms with Gasteiger partial charge in [0.2, 0.25) is 0 Å². The smallest absolute Gasteiger partial charge is 0.387 e. The van der Waals surface area contributed by atoms with Gasteiger partial charge in [-0.3, -0.25) is 4.79 Å². The SMILES string of the molecule is CC(O)(CNC(=O)c1c(F)ccc(OC(F)F)c1F)c1ccco1. The fourth-order valence-corrected chi connectivity index (χ4v) is 1.94. The maximum Gasteiger partial charge on any atom is 0.387 e. The van der Waals surface area contributed by atoms with Gasteiger partial charge in [-0.2, -0.15) is 8.78 Å². The third-order valence-corrected chi connectivity index (χ3v) is 3.14. The number of nitrogens with one attached hydrogen (secondary N) is 1. The first-order valence-electron chi connectivity index (χ1n) is 6.69. The molecule has 1 unspecified atom stereocenters. The highest BCUT2D eigenvalue weighted by molar-refractivity contribution is 5.95. The maximum absolute atomic E-state index is 14.0. The van der Waals surface area contributed by atoms with Crippen LogP contribution in [-0.4, -0.2) is 24.2 Å². The number of aliphatic hydroxyl groups is 1. The highest BCUT2D eigenvalue weighted by Crippen LogP contribution is 2.25. The number of amides is 1. The number of furan rings is 1. The van der Waals surface area contributed by atoms with E-state index in [0.29, 0.717) is 12.1 Å². The summed E-state index contributed by atoms with van der Waals surface area (Å²) in [6.45, 7) is -2.45. The van der Waals surface area contributed by atoms with E-state index in [2.05, 4.69) is 10.1 Å². The number of ether oxygens (including phenoxy) is 1. The van der Waals surface area contributed by atoms with Crippen molar-refractivity contribution in [2.45, 2.75) is 19.1 Å². The van der Waals surface area contributed by atoms with Crippen molar-refractivity contribution in [3.05, 3.63) is 53.5 Å². The fourth-order valence-electron chi connectivity index (χ4n) is 1.94. The Morgan fingerprint density at radius 3 is 2.67 bits per heavy atom. The topological polar surface area (TPSA) is 71.7 Å². The van der Waals surface area contributed by atoms with Crippen LogP contribution in [-0.2, 0) is 5.60 Å². The van der Waals surface area contributed by atoms with Crippen molar-refractivity contribution >= 4 is 5.91 Å². The molecule has 5 nitrogen and oxygen atoms in total. The van der Waals surface area contributed by atoms with E-state index < -0.39 is 47.6 Å². The molecule has 0 aliphatic rings. The van der Waals surface area contributed by atoms with Crippen LogP contribution < -0.4 is 10.1 Å². The largest absolute Gasteiger partial charge is 0.466 e. The minimum absolute atomic E-state index is 0.124. The summed E-state index contributed by atoms with van der Waals surface area (Å²) < 4.78 is 60.9. The highest BCUT2D eigenvalue weighted by Gasteiger charge is 2.29. The predicted octanol–water partition coefficient (Wildman–Crippen LogP) is 2.80. The van der Waals surface area contributed by atoms with Crippen LogP contribution in [0.25, 0.3) is 0 Å². The number of benzene rings is 1. The van der Waals surface area contributed by atoms with E-state index in [0.717, 1.165) is 0 Å². The highest BCUT2D eigenvalue weighted by atomic mass is 19.3. The van der Waals surface area contributed by atoms with Gasteiger partial charge in [0.05, 0.1) is 12.8 Å². The van der Waals surface area contributed by atoms with E-state index in [4.69, 9.17) is 4.42 Å². The number of alkyl halides is 2. The zero-order valence-electron chi connectivity index (χ0n) is 12.4. The van der Waals surface area contributed by atoms with Crippen LogP contribution in [0.4, 0.5) is 17.6 Å². The Hall–Kier alpha value is -2.55. The molecule has 24 heavy (non-hydrogen) atoms. The molecule has 0 saturated carbocycles. The molecule has 2 N–H and O–H groups in total. The second-order valence-electron chi connectivity index (χ2n) is 5.05. The molecule has 1 heterocycles. The van der Waals surface area contributed by atoms with Gasteiger partial charge in [0, 0.05) is 0 Å². The maximum atomic E-state index is 14.0. The fraction of sp³-hybridized carbons (Fsp3) is 0.267. The molecule has 0 saturated heterocycles. The lowest BCUT2D eigenvalue weighted by atomic mass is 10.0. The summed E-state index contributed by atoms with van der Waals surface area (Å²) in [6, 6.07) is 4.23. The average Bonchev–Trinajstić information content (AvgIpc) is 3.03. The summed E-state index contributed by atoms with van der Waals surface area (Å²) in [4.78, 5) is 12.0. The monoisotopic (exact) mass is 347 g/mol. The molecule has 2 rings (SSSR count). The summed E-state index contributed by atoms with van der Waals surface area (Å²) in [7, 11) is 0. The van der Waals surface area contributed by atoms with Crippen LogP contribution in [0, 0.1) is 11.6 Å². The number of carbonyl (C=O) groups excluding carboxylic acids is 1. The van der Waals surface area contributed by atoms with Crippen molar-refractivity contribution in [1.82, 2.24) is 5.32 Å².